The maximum atomic E-state index is 14.4. The molecular weight excluding hydrogens is 476 g/mol. The van der Waals surface area contributed by atoms with E-state index in [0.29, 0.717) is 5.69 Å². The topological polar surface area (TPSA) is 87.1 Å². The lowest BCUT2D eigenvalue weighted by molar-refractivity contribution is -0.141. The largest absolute Gasteiger partial charge is 0.433 e. The first-order valence-corrected chi connectivity index (χ1v) is 11.0. The van der Waals surface area contributed by atoms with E-state index >= 15 is 0 Å². The van der Waals surface area contributed by atoms with Crippen LogP contribution in [0.5, 0.6) is 0 Å². The number of aromatic nitrogens is 2. The number of hydrogen-bond acceptors (Lipinski definition) is 5. The molecule has 0 fully saturated rings. The van der Waals surface area contributed by atoms with Gasteiger partial charge in [0.1, 0.15) is 17.6 Å². The molecule has 4 rings (SSSR count). The average molecular weight is 498 g/mol. The fraction of sp³-hybridized carbons (Fsp3) is 0.192. The Morgan fingerprint density at radius 2 is 1.78 bits per heavy atom. The highest BCUT2D eigenvalue weighted by Crippen LogP contribution is 2.29. The van der Waals surface area contributed by atoms with Crippen LogP contribution in [-0.2, 0) is 17.5 Å². The Labute approximate surface area is 204 Å². The van der Waals surface area contributed by atoms with E-state index in [1.807, 2.05) is 30.3 Å². The standard InChI is InChI=1S/C26H22F4N4O2/c1-15(35)24(25(36)33-19-8-6-16-4-2-3-5-17(16)12-19)32-14-22-20(27)9-10-21(34-22)18-7-11-23(31-13-18)26(28,29)30/h2-13,15,24,32,35H,14H2,1H3,(H,33,36)/t15?,24-/m0/s1. The van der Waals surface area contributed by atoms with Crippen LogP contribution in [0.4, 0.5) is 23.2 Å². The molecule has 0 radical (unpaired) electrons. The third-order valence-electron chi connectivity index (χ3n) is 5.54. The van der Waals surface area contributed by atoms with Crippen molar-refractivity contribution in [2.75, 3.05) is 5.32 Å². The summed E-state index contributed by atoms with van der Waals surface area (Å²) in [6.07, 6.45) is -4.68. The summed E-state index contributed by atoms with van der Waals surface area (Å²) in [6.45, 7) is 1.21. The molecule has 1 unspecified atom stereocenters. The number of aliphatic hydroxyl groups excluding tert-OH is 1. The first kappa shape index (κ1) is 25.2. The molecule has 2 atom stereocenters. The minimum atomic E-state index is -4.58. The van der Waals surface area contributed by atoms with E-state index in [2.05, 4.69) is 20.6 Å². The number of fused-ring (bicyclic) bond motifs is 1. The molecule has 10 heteroatoms. The molecule has 6 nitrogen and oxygen atoms in total. The fourth-order valence-corrected chi connectivity index (χ4v) is 3.66. The zero-order chi connectivity index (χ0) is 25.9. The molecule has 2 aromatic carbocycles. The van der Waals surface area contributed by atoms with Gasteiger partial charge in [-0.15, -0.1) is 0 Å². The van der Waals surface area contributed by atoms with Gasteiger partial charge in [-0.1, -0.05) is 30.3 Å². The van der Waals surface area contributed by atoms with Gasteiger partial charge in [0.25, 0.3) is 0 Å². The zero-order valence-electron chi connectivity index (χ0n) is 19.1. The minimum Gasteiger partial charge on any atom is -0.391 e. The van der Waals surface area contributed by atoms with Gasteiger partial charge in [-0.2, -0.15) is 13.2 Å². The molecular formula is C26H22F4N4O2. The molecule has 3 N–H and O–H groups in total. The third-order valence-corrected chi connectivity index (χ3v) is 5.54. The molecule has 2 heterocycles. The summed E-state index contributed by atoms with van der Waals surface area (Å²) in [5.41, 5.74) is -0.106. The van der Waals surface area contributed by atoms with Crippen LogP contribution < -0.4 is 10.6 Å². The summed E-state index contributed by atoms with van der Waals surface area (Å²) < 4.78 is 52.7. The molecule has 0 saturated carbocycles. The normalized spacial score (nSPS) is 13.4. The van der Waals surface area contributed by atoms with Crippen molar-refractivity contribution < 1.29 is 27.5 Å². The molecule has 0 aliphatic carbocycles. The molecule has 2 aromatic heterocycles. The lowest BCUT2D eigenvalue weighted by Gasteiger charge is -2.21. The van der Waals surface area contributed by atoms with Gasteiger partial charge in [-0.05, 0) is 54.1 Å². The van der Waals surface area contributed by atoms with Crippen LogP contribution in [0.3, 0.4) is 0 Å². The van der Waals surface area contributed by atoms with Crippen LogP contribution in [0.2, 0.25) is 0 Å². The van der Waals surface area contributed by atoms with Crippen molar-refractivity contribution in [2.24, 2.45) is 0 Å². The van der Waals surface area contributed by atoms with Crippen molar-refractivity contribution in [1.29, 1.82) is 0 Å². The number of nitrogens with zero attached hydrogens (tertiary/aromatic N) is 2. The zero-order valence-corrected chi connectivity index (χ0v) is 19.1. The van der Waals surface area contributed by atoms with E-state index in [4.69, 9.17) is 0 Å². The number of pyridine rings is 2. The third kappa shape index (κ3) is 5.84. The van der Waals surface area contributed by atoms with Crippen LogP contribution in [0.15, 0.2) is 72.9 Å². The average Bonchev–Trinajstić information content (AvgIpc) is 2.84. The number of anilines is 1. The second-order valence-corrected chi connectivity index (χ2v) is 8.21. The van der Waals surface area contributed by atoms with Gasteiger partial charge in [0.05, 0.1) is 17.5 Å². The number of amides is 1. The Morgan fingerprint density at radius 3 is 2.44 bits per heavy atom. The molecule has 0 bridgehead atoms. The van der Waals surface area contributed by atoms with Crippen LogP contribution in [0, 0.1) is 5.82 Å². The molecule has 4 aromatic rings. The Hall–Kier alpha value is -3.89. The summed E-state index contributed by atoms with van der Waals surface area (Å²) in [6, 6.07) is 16.4. The van der Waals surface area contributed by atoms with E-state index in [1.165, 1.54) is 19.1 Å². The SMILES string of the molecule is CC(O)[C@H](NCc1nc(-c2ccc(C(F)(F)F)nc2)ccc1F)C(=O)Nc1ccc2ccccc2c1. The first-order chi connectivity index (χ1) is 17.1. The van der Waals surface area contributed by atoms with E-state index in [-0.39, 0.29) is 23.5 Å². The molecule has 1 amide bonds. The number of nitrogens with one attached hydrogen (secondary N) is 2. The van der Waals surface area contributed by atoms with Crippen molar-refractivity contribution in [3.8, 4) is 11.3 Å². The van der Waals surface area contributed by atoms with Gasteiger partial charge in [0, 0.05) is 24.0 Å². The predicted molar refractivity (Wildman–Crippen MR) is 127 cm³/mol. The number of benzene rings is 2. The quantitative estimate of drug-likeness (QED) is 0.315. The highest BCUT2D eigenvalue weighted by Gasteiger charge is 2.32. The number of carbonyl (C=O) groups excluding carboxylic acids is 1. The fourth-order valence-electron chi connectivity index (χ4n) is 3.66. The van der Waals surface area contributed by atoms with Crippen molar-refractivity contribution in [2.45, 2.75) is 31.8 Å². The van der Waals surface area contributed by atoms with Crippen LogP contribution in [-0.4, -0.2) is 33.1 Å². The summed E-state index contributed by atoms with van der Waals surface area (Å²) in [7, 11) is 0. The van der Waals surface area contributed by atoms with Gasteiger partial charge < -0.3 is 10.4 Å². The second-order valence-electron chi connectivity index (χ2n) is 8.21. The molecule has 186 valence electrons. The van der Waals surface area contributed by atoms with E-state index in [1.54, 1.807) is 12.1 Å². The molecule has 36 heavy (non-hydrogen) atoms. The van der Waals surface area contributed by atoms with Crippen LogP contribution in [0.25, 0.3) is 22.0 Å². The number of alkyl halides is 3. The smallest absolute Gasteiger partial charge is 0.391 e. The molecule has 0 spiro atoms. The predicted octanol–water partition coefficient (Wildman–Crippen LogP) is 4.93. The van der Waals surface area contributed by atoms with Crippen molar-refractivity contribution >= 4 is 22.4 Å². The van der Waals surface area contributed by atoms with Crippen LogP contribution in [0.1, 0.15) is 18.3 Å². The van der Waals surface area contributed by atoms with Crippen molar-refractivity contribution in [3.63, 3.8) is 0 Å². The lowest BCUT2D eigenvalue weighted by Crippen LogP contribution is -2.47. The minimum absolute atomic E-state index is 0.0726. The van der Waals surface area contributed by atoms with Crippen LogP contribution >= 0.6 is 0 Å². The summed E-state index contributed by atoms with van der Waals surface area (Å²) in [4.78, 5) is 20.4. The molecule has 0 aliphatic heterocycles. The Bertz CT molecular complexity index is 1370. The maximum absolute atomic E-state index is 14.4. The number of rotatable bonds is 7. The highest BCUT2D eigenvalue weighted by atomic mass is 19.4. The summed E-state index contributed by atoms with van der Waals surface area (Å²) >= 11 is 0. The Kier molecular flexibility index (Phi) is 7.27. The van der Waals surface area contributed by atoms with Crippen molar-refractivity contribution in [3.05, 3.63) is 90.1 Å². The number of hydrogen-bond donors (Lipinski definition) is 3. The van der Waals surface area contributed by atoms with Gasteiger partial charge in [0.2, 0.25) is 5.91 Å². The Morgan fingerprint density at radius 1 is 1.03 bits per heavy atom. The van der Waals surface area contributed by atoms with Gasteiger partial charge >= 0.3 is 6.18 Å². The molecule has 0 saturated heterocycles. The van der Waals surface area contributed by atoms with E-state index < -0.39 is 35.7 Å². The van der Waals surface area contributed by atoms with E-state index in [9.17, 15) is 27.5 Å². The molecule has 0 aliphatic rings. The highest BCUT2D eigenvalue weighted by molar-refractivity contribution is 5.97. The second kappa shape index (κ2) is 10.4. The lowest BCUT2D eigenvalue weighted by atomic mass is 10.1. The maximum Gasteiger partial charge on any atom is 0.433 e. The first-order valence-electron chi connectivity index (χ1n) is 11.0. The monoisotopic (exact) mass is 498 g/mol. The van der Waals surface area contributed by atoms with E-state index in [0.717, 1.165) is 29.1 Å². The Balaban J connectivity index is 1.48. The van der Waals surface area contributed by atoms with Gasteiger partial charge in [-0.25, -0.2) is 9.37 Å². The van der Waals surface area contributed by atoms with Crippen molar-refractivity contribution in [1.82, 2.24) is 15.3 Å². The summed E-state index contributed by atoms with van der Waals surface area (Å²) in [5.74, 6) is -1.20. The number of carbonyl (C=O) groups is 1. The van der Waals surface area contributed by atoms with Gasteiger partial charge in [-0.3, -0.25) is 15.1 Å². The number of aliphatic hydroxyl groups is 1. The summed E-state index contributed by atoms with van der Waals surface area (Å²) in [5, 5.41) is 17.7. The number of halogens is 4. The van der Waals surface area contributed by atoms with Gasteiger partial charge in [0.15, 0.2) is 0 Å².